The van der Waals surface area contributed by atoms with Gasteiger partial charge in [0.1, 0.15) is 17.5 Å². The van der Waals surface area contributed by atoms with Crippen molar-refractivity contribution >= 4 is 29.4 Å². The van der Waals surface area contributed by atoms with E-state index in [4.69, 9.17) is 10.5 Å². The maximum Gasteiger partial charge on any atom is 0.309 e. The van der Waals surface area contributed by atoms with Crippen molar-refractivity contribution in [3.63, 3.8) is 0 Å². The second kappa shape index (κ2) is 12.8. The smallest absolute Gasteiger partial charge is 0.309 e. The monoisotopic (exact) mass is 522 g/mol. The van der Waals surface area contributed by atoms with Gasteiger partial charge in [-0.3, -0.25) is 24.2 Å². The summed E-state index contributed by atoms with van der Waals surface area (Å²) in [5.74, 6) is 1.62. The van der Waals surface area contributed by atoms with Gasteiger partial charge in [0.25, 0.3) is 0 Å². The summed E-state index contributed by atoms with van der Waals surface area (Å²) in [4.78, 5) is 51.1. The molecule has 10 heteroatoms. The summed E-state index contributed by atoms with van der Waals surface area (Å²) in [5.41, 5.74) is 8.82. The summed E-state index contributed by atoms with van der Waals surface area (Å²) in [7, 11) is 1.40. The number of aromatic nitrogens is 2. The maximum atomic E-state index is 12.6. The largest absolute Gasteiger partial charge is 0.469 e. The van der Waals surface area contributed by atoms with Crippen LogP contribution in [0.15, 0.2) is 24.3 Å². The Morgan fingerprint density at radius 1 is 1.08 bits per heavy atom. The molecule has 0 spiro atoms. The number of nitrogens with two attached hydrogens (primary N) is 1. The van der Waals surface area contributed by atoms with E-state index in [1.807, 2.05) is 17.0 Å². The van der Waals surface area contributed by atoms with E-state index in [0.717, 1.165) is 75.1 Å². The molecule has 3 heterocycles. The molecule has 2 aliphatic rings. The zero-order valence-electron chi connectivity index (χ0n) is 22.4. The number of esters is 1. The highest BCUT2D eigenvalue weighted by Gasteiger charge is 2.31. The van der Waals surface area contributed by atoms with E-state index in [-0.39, 0.29) is 30.6 Å². The molecule has 0 saturated carbocycles. The molecule has 0 radical (unpaired) electrons. The Balaban J connectivity index is 1.34. The van der Waals surface area contributed by atoms with E-state index < -0.39 is 0 Å². The molecule has 10 nitrogen and oxygen atoms in total. The minimum atomic E-state index is -0.255. The lowest BCUT2D eigenvalue weighted by atomic mass is 10.1. The first-order valence-electron chi connectivity index (χ1n) is 13.4. The van der Waals surface area contributed by atoms with E-state index >= 15 is 0 Å². The van der Waals surface area contributed by atoms with Crippen LogP contribution in [-0.4, -0.2) is 77.4 Å². The van der Waals surface area contributed by atoms with Crippen LogP contribution in [-0.2, 0) is 38.5 Å². The molecular formula is C28H38N6O4. The molecule has 0 aliphatic carbocycles. The Morgan fingerprint density at radius 3 is 2.63 bits per heavy atom. The molecular weight excluding hydrogens is 484 g/mol. The predicted octanol–water partition coefficient (Wildman–Crippen LogP) is 2.27. The van der Waals surface area contributed by atoms with Gasteiger partial charge >= 0.3 is 5.97 Å². The Labute approximate surface area is 224 Å². The van der Waals surface area contributed by atoms with Crippen LogP contribution in [0.3, 0.4) is 0 Å². The van der Waals surface area contributed by atoms with Gasteiger partial charge in [-0.05, 0) is 50.3 Å². The lowest BCUT2D eigenvalue weighted by molar-refractivity contribution is -0.139. The number of unbranched alkanes of at least 4 members (excludes halogenated alkanes) is 1. The number of likely N-dealkylation sites (tertiary alicyclic amines) is 1. The van der Waals surface area contributed by atoms with Crippen molar-refractivity contribution in [3.8, 4) is 0 Å². The number of carbonyl (C=O) groups is 3. The van der Waals surface area contributed by atoms with Gasteiger partial charge in [0.05, 0.1) is 20.0 Å². The Hall–Kier alpha value is -3.53. The molecule has 1 saturated heterocycles. The van der Waals surface area contributed by atoms with Crippen LogP contribution < -0.4 is 10.6 Å². The molecule has 0 atom stereocenters. The van der Waals surface area contributed by atoms with E-state index in [2.05, 4.69) is 27.0 Å². The predicted molar refractivity (Wildman–Crippen MR) is 144 cm³/mol. The van der Waals surface area contributed by atoms with Crippen LogP contribution in [0, 0.1) is 6.92 Å². The first kappa shape index (κ1) is 27.5. The Kier molecular flexibility index (Phi) is 9.28. The third-order valence-corrected chi connectivity index (χ3v) is 7.17. The second-order valence-corrected chi connectivity index (χ2v) is 10.1. The number of rotatable bonds is 13. The maximum absolute atomic E-state index is 12.6. The van der Waals surface area contributed by atoms with Crippen LogP contribution in [0.4, 0.5) is 11.6 Å². The quantitative estimate of drug-likeness (QED) is 0.314. The average Bonchev–Trinajstić information content (AvgIpc) is 3.44. The molecule has 2 aliphatic heterocycles. The van der Waals surface area contributed by atoms with E-state index in [1.165, 1.54) is 7.11 Å². The molecule has 2 aromatic rings. The molecule has 1 fully saturated rings. The molecule has 1 aromatic carbocycles. The van der Waals surface area contributed by atoms with Crippen LogP contribution >= 0.6 is 0 Å². The topological polar surface area (TPSA) is 122 Å². The fourth-order valence-electron chi connectivity index (χ4n) is 5.23. The average molecular weight is 523 g/mol. The number of amides is 2. The normalized spacial score (nSPS) is 15.0. The van der Waals surface area contributed by atoms with E-state index in [1.54, 1.807) is 11.8 Å². The summed E-state index contributed by atoms with van der Waals surface area (Å²) in [6.07, 6.45) is 4.75. The number of anilines is 2. The summed E-state index contributed by atoms with van der Waals surface area (Å²) < 4.78 is 4.81. The number of nitrogen functional groups attached to an aromatic ring is 1. The van der Waals surface area contributed by atoms with Gasteiger partial charge in [-0.2, -0.15) is 0 Å². The Morgan fingerprint density at radius 2 is 1.87 bits per heavy atom. The van der Waals surface area contributed by atoms with Crippen molar-refractivity contribution in [1.82, 2.24) is 19.8 Å². The Bertz CT molecular complexity index is 1170. The van der Waals surface area contributed by atoms with Gasteiger partial charge < -0.3 is 15.4 Å². The molecule has 38 heavy (non-hydrogen) atoms. The van der Waals surface area contributed by atoms with Gasteiger partial charge in [-0.1, -0.05) is 24.3 Å². The summed E-state index contributed by atoms with van der Waals surface area (Å²) in [5, 5.41) is 0. The highest BCUT2D eigenvalue weighted by molar-refractivity contribution is 6.01. The number of nitrogens with zero attached hydrogens (tertiary/aromatic N) is 5. The number of fused-ring (bicyclic) bond motifs is 1. The first-order valence-corrected chi connectivity index (χ1v) is 13.4. The third kappa shape index (κ3) is 7.06. The van der Waals surface area contributed by atoms with Crippen molar-refractivity contribution in [1.29, 1.82) is 0 Å². The number of methoxy groups -OCH3 is 1. The molecule has 204 valence electrons. The standard InChI is InChI=1S/C28H38N6O4/c1-20-30-27(29)23-18-25(36)34(28(23)31-20)15-4-3-11-32(12-7-14-33-13-6-10-24(33)35)19-22-9-5-8-21(16-22)17-26(37)38-2/h5,8-9,16H,3-4,6-7,10-15,17-19H2,1-2H3,(H2,29,30,31). The number of hydrogen-bond acceptors (Lipinski definition) is 8. The minimum absolute atomic E-state index is 0.0150. The summed E-state index contributed by atoms with van der Waals surface area (Å²) in [6, 6.07) is 8.04. The van der Waals surface area contributed by atoms with Gasteiger partial charge in [0.15, 0.2) is 0 Å². The molecule has 0 unspecified atom stereocenters. The number of aryl methyl sites for hydroxylation is 1. The van der Waals surface area contributed by atoms with Crippen molar-refractivity contribution in [2.24, 2.45) is 0 Å². The number of benzene rings is 1. The molecule has 4 rings (SSSR count). The van der Waals surface area contributed by atoms with Crippen LogP contribution in [0.5, 0.6) is 0 Å². The number of hydrogen-bond donors (Lipinski definition) is 1. The summed E-state index contributed by atoms with van der Waals surface area (Å²) >= 11 is 0. The molecule has 0 bridgehead atoms. The van der Waals surface area contributed by atoms with Crippen molar-refractivity contribution in [2.45, 2.75) is 58.4 Å². The zero-order valence-corrected chi connectivity index (χ0v) is 22.4. The van der Waals surface area contributed by atoms with Gasteiger partial charge in [-0.15, -0.1) is 0 Å². The minimum Gasteiger partial charge on any atom is -0.469 e. The highest BCUT2D eigenvalue weighted by atomic mass is 16.5. The van der Waals surface area contributed by atoms with Crippen molar-refractivity contribution < 1.29 is 19.1 Å². The molecule has 2 N–H and O–H groups in total. The van der Waals surface area contributed by atoms with Crippen molar-refractivity contribution in [2.75, 3.05) is 50.5 Å². The molecule has 2 amide bonds. The van der Waals surface area contributed by atoms with Crippen LogP contribution in [0.25, 0.3) is 0 Å². The van der Waals surface area contributed by atoms with Gasteiger partial charge in [0, 0.05) is 44.7 Å². The van der Waals surface area contributed by atoms with Crippen LogP contribution in [0.2, 0.25) is 0 Å². The third-order valence-electron chi connectivity index (χ3n) is 7.17. The van der Waals surface area contributed by atoms with Crippen LogP contribution in [0.1, 0.15) is 54.6 Å². The SMILES string of the molecule is COC(=O)Cc1cccc(CN(CCCCN2C(=O)Cc3c(N)nc(C)nc32)CCCN2CCCC2=O)c1. The second-order valence-electron chi connectivity index (χ2n) is 10.1. The fraction of sp³-hybridized carbons (Fsp3) is 0.536. The number of carbonyl (C=O) groups excluding carboxylic acids is 3. The first-order chi connectivity index (χ1) is 18.3. The lowest BCUT2D eigenvalue weighted by Gasteiger charge is -2.25. The highest BCUT2D eigenvalue weighted by Crippen LogP contribution is 2.30. The zero-order chi connectivity index (χ0) is 27.1. The van der Waals surface area contributed by atoms with E-state index in [0.29, 0.717) is 30.4 Å². The summed E-state index contributed by atoms with van der Waals surface area (Å²) in [6.45, 7) is 6.47. The van der Waals surface area contributed by atoms with Gasteiger partial charge in [0.2, 0.25) is 11.8 Å². The van der Waals surface area contributed by atoms with E-state index in [9.17, 15) is 14.4 Å². The lowest BCUT2D eigenvalue weighted by Crippen LogP contribution is -2.32. The fourth-order valence-corrected chi connectivity index (χ4v) is 5.23. The number of ether oxygens (including phenoxy) is 1. The van der Waals surface area contributed by atoms with Gasteiger partial charge in [-0.25, -0.2) is 9.97 Å². The molecule has 1 aromatic heterocycles. The van der Waals surface area contributed by atoms with Crippen molar-refractivity contribution in [3.05, 3.63) is 46.8 Å².